The summed E-state index contributed by atoms with van der Waals surface area (Å²) in [6.07, 6.45) is 1.85. The van der Waals surface area contributed by atoms with Crippen molar-refractivity contribution in [1.29, 1.82) is 0 Å². The molecule has 0 aromatic heterocycles. The van der Waals surface area contributed by atoms with Crippen LogP contribution in [-0.4, -0.2) is 25.8 Å². The van der Waals surface area contributed by atoms with Crippen LogP contribution in [0.1, 0.15) is 30.7 Å². The van der Waals surface area contributed by atoms with Gasteiger partial charge in [0.15, 0.2) is 0 Å². The Morgan fingerprint density at radius 3 is 2.50 bits per heavy atom. The van der Waals surface area contributed by atoms with Gasteiger partial charge in [0.2, 0.25) is 0 Å². The average molecular weight is 289 g/mol. The van der Waals surface area contributed by atoms with Gasteiger partial charge in [0.1, 0.15) is 0 Å². The van der Waals surface area contributed by atoms with Gasteiger partial charge in [-0.25, -0.2) is 0 Å². The molecule has 6 heteroatoms. The van der Waals surface area contributed by atoms with Gasteiger partial charge in [-0.2, -0.15) is 12.7 Å². The Morgan fingerprint density at radius 1 is 1.28 bits per heavy atom. The Bertz CT molecular complexity index is 511. The third kappa shape index (κ3) is 2.96. The molecule has 1 aliphatic heterocycles. The maximum absolute atomic E-state index is 12.1. The number of nitrogens with zero attached hydrogens (tertiary/aromatic N) is 1. The number of halogens is 1. The number of alkyl halides is 1. The molecule has 0 bridgehead atoms. The molecule has 1 aromatic carbocycles. The lowest BCUT2D eigenvalue weighted by Crippen LogP contribution is -2.33. The zero-order chi connectivity index (χ0) is 13.2. The summed E-state index contributed by atoms with van der Waals surface area (Å²) in [7, 11) is -3.44. The second-order valence-corrected chi connectivity index (χ2v) is 6.74. The molecule has 0 amide bonds. The Hall–Kier alpha value is -0.780. The van der Waals surface area contributed by atoms with Gasteiger partial charge < -0.3 is 0 Å². The van der Waals surface area contributed by atoms with Crippen molar-refractivity contribution < 1.29 is 8.42 Å². The first-order valence-electron chi connectivity index (χ1n) is 6.01. The quantitative estimate of drug-likeness (QED) is 0.866. The Labute approximate surface area is 113 Å². The third-order valence-corrected chi connectivity index (χ3v) is 4.79. The van der Waals surface area contributed by atoms with E-state index in [2.05, 4.69) is 4.72 Å². The summed E-state index contributed by atoms with van der Waals surface area (Å²) < 4.78 is 28.4. The molecule has 0 saturated carbocycles. The first-order valence-corrected chi connectivity index (χ1v) is 7.89. The molecule has 18 heavy (non-hydrogen) atoms. The van der Waals surface area contributed by atoms with Gasteiger partial charge in [0.05, 0.1) is 11.1 Å². The van der Waals surface area contributed by atoms with E-state index in [0.717, 1.165) is 18.4 Å². The SMILES string of the molecule is CC(Cl)c1ccccc1NS(=O)(=O)N1CCCC1. The molecule has 1 heterocycles. The standard InChI is InChI=1S/C12H17ClN2O2S/c1-10(13)11-6-2-3-7-12(11)14-18(16,17)15-8-4-5-9-15/h2-3,6-7,10,14H,4-5,8-9H2,1H3. The van der Waals surface area contributed by atoms with Gasteiger partial charge >= 0.3 is 10.2 Å². The number of anilines is 1. The molecule has 0 aliphatic carbocycles. The Kier molecular flexibility index (Phi) is 4.14. The molecule has 2 rings (SSSR count). The van der Waals surface area contributed by atoms with Crippen molar-refractivity contribution in [1.82, 2.24) is 4.31 Å². The van der Waals surface area contributed by atoms with Crippen molar-refractivity contribution in [2.24, 2.45) is 0 Å². The van der Waals surface area contributed by atoms with Crippen LogP contribution in [0.3, 0.4) is 0 Å². The van der Waals surface area contributed by atoms with E-state index in [4.69, 9.17) is 11.6 Å². The van der Waals surface area contributed by atoms with E-state index in [0.29, 0.717) is 18.8 Å². The van der Waals surface area contributed by atoms with Crippen molar-refractivity contribution in [3.63, 3.8) is 0 Å². The summed E-state index contributed by atoms with van der Waals surface area (Å²) in [5.74, 6) is 0. The second-order valence-electron chi connectivity index (χ2n) is 4.42. The highest BCUT2D eigenvalue weighted by Gasteiger charge is 2.25. The van der Waals surface area contributed by atoms with Crippen LogP contribution in [0.15, 0.2) is 24.3 Å². The maximum Gasteiger partial charge on any atom is 0.301 e. The van der Waals surface area contributed by atoms with Crippen LogP contribution in [-0.2, 0) is 10.2 Å². The highest BCUT2D eigenvalue weighted by molar-refractivity contribution is 7.90. The van der Waals surface area contributed by atoms with Gasteiger partial charge in [-0.1, -0.05) is 18.2 Å². The van der Waals surface area contributed by atoms with Crippen LogP contribution in [0.4, 0.5) is 5.69 Å². The van der Waals surface area contributed by atoms with Crippen LogP contribution < -0.4 is 4.72 Å². The smallest absolute Gasteiger partial charge is 0.271 e. The van der Waals surface area contributed by atoms with Gasteiger partial charge in [0.25, 0.3) is 0 Å². The van der Waals surface area contributed by atoms with Crippen molar-refractivity contribution in [2.75, 3.05) is 17.8 Å². The van der Waals surface area contributed by atoms with Gasteiger partial charge in [-0.3, -0.25) is 4.72 Å². The average Bonchev–Trinajstić information content (AvgIpc) is 2.83. The molecule has 1 atom stereocenters. The summed E-state index contributed by atoms with van der Waals surface area (Å²) in [6, 6.07) is 7.22. The van der Waals surface area contributed by atoms with E-state index >= 15 is 0 Å². The number of benzene rings is 1. The second kappa shape index (κ2) is 5.47. The summed E-state index contributed by atoms with van der Waals surface area (Å²) >= 11 is 6.05. The summed E-state index contributed by atoms with van der Waals surface area (Å²) in [5, 5.41) is -0.234. The lowest BCUT2D eigenvalue weighted by atomic mass is 10.1. The normalized spacial score (nSPS) is 18.8. The van der Waals surface area contributed by atoms with Gasteiger partial charge in [-0.05, 0) is 31.4 Å². The minimum absolute atomic E-state index is 0.234. The molecule has 0 radical (unpaired) electrons. The van der Waals surface area contributed by atoms with Gasteiger partial charge in [0, 0.05) is 13.1 Å². The van der Waals surface area contributed by atoms with E-state index in [1.165, 1.54) is 4.31 Å². The lowest BCUT2D eigenvalue weighted by molar-refractivity contribution is 0.482. The molecule has 1 aromatic rings. The monoisotopic (exact) mass is 288 g/mol. The molecular weight excluding hydrogens is 272 g/mol. The molecule has 0 spiro atoms. The van der Waals surface area contributed by atoms with Crippen molar-refractivity contribution in [3.05, 3.63) is 29.8 Å². The van der Waals surface area contributed by atoms with Crippen LogP contribution >= 0.6 is 11.6 Å². The summed E-state index contributed by atoms with van der Waals surface area (Å²) in [5.41, 5.74) is 1.36. The van der Waals surface area contributed by atoms with Crippen LogP contribution in [0, 0.1) is 0 Å². The first-order chi connectivity index (χ1) is 8.50. The molecule has 1 saturated heterocycles. The van der Waals surface area contributed by atoms with Crippen LogP contribution in [0.5, 0.6) is 0 Å². The van der Waals surface area contributed by atoms with Crippen molar-refractivity contribution >= 4 is 27.5 Å². The van der Waals surface area contributed by atoms with Crippen molar-refractivity contribution in [2.45, 2.75) is 25.1 Å². The molecule has 1 aliphatic rings. The van der Waals surface area contributed by atoms with E-state index < -0.39 is 10.2 Å². The number of hydrogen-bond acceptors (Lipinski definition) is 2. The van der Waals surface area contributed by atoms with E-state index in [1.807, 2.05) is 19.1 Å². The summed E-state index contributed by atoms with van der Waals surface area (Å²) in [4.78, 5) is 0. The molecule has 1 N–H and O–H groups in total. The third-order valence-electron chi connectivity index (χ3n) is 3.03. The molecule has 1 fully saturated rings. The van der Waals surface area contributed by atoms with E-state index in [-0.39, 0.29) is 5.38 Å². The highest BCUT2D eigenvalue weighted by atomic mass is 35.5. The van der Waals surface area contributed by atoms with E-state index in [9.17, 15) is 8.42 Å². The topological polar surface area (TPSA) is 49.4 Å². The lowest BCUT2D eigenvalue weighted by Gasteiger charge is -2.19. The zero-order valence-electron chi connectivity index (χ0n) is 10.3. The number of rotatable bonds is 4. The molecular formula is C12H17ClN2O2S. The fraction of sp³-hybridized carbons (Fsp3) is 0.500. The first kappa shape index (κ1) is 13.6. The fourth-order valence-electron chi connectivity index (χ4n) is 2.07. The Balaban J connectivity index is 2.23. The number of hydrogen-bond donors (Lipinski definition) is 1. The minimum atomic E-state index is -3.44. The zero-order valence-corrected chi connectivity index (χ0v) is 11.8. The summed E-state index contributed by atoms with van der Waals surface area (Å²) in [6.45, 7) is 3.01. The number of para-hydroxylation sites is 1. The minimum Gasteiger partial charge on any atom is -0.271 e. The Morgan fingerprint density at radius 2 is 1.89 bits per heavy atom. The molecule has 4 nitrogen and oxygen atoms in total. The largest absolute Gasteiger partial charge is 0.301 e. The predicted octanol–water partition coefficient (Wildman–Crippen LogP) is 2.74. The fourth-order valence-corrected chi connectivity index (χ4v) is 3.59. The highest BCUT2D eigenvalue weighted by Crippen LogP contribution is 2.28. The maximum atomic E-state index is 12.1. The van der Waals surface area contributed by atoms with E-state index in [1.54, 1.807) is 12.1 Å². The van der Waals surface area contributed by atoms with Gasteiger partial charge in [-0.15, -0.1) is 11.6 Å². The molecule has 100 valence electrons. The molecule has 1 unspecified atom stereocenters. The number of nitrogens with one attached hydrogen (secondary N) is 1. The van der Waals surface area contributed by atoms with Crippen LogP contribution in [0.2, 0.25) is 0 Å². The predicted molar refractivity (Wildman–Crippen MR) is 74.1 cm³/mol. The van der Waals surface area contributed by atoms with Crippen LogP contribution in [0.25, 0.3) is 0 Å². The van der Waals surface area contributed by atoms with Crippen molar-refractivity contribution in [3.8, 4) is 0 Å².